The number of amides is 1. The fourth-order valence-corrected chi connectivity index (χ4v) is 4.78. The molecule has 0 bridgehead atoms. The van der Waals surface area contributed by atoms with E-state index in [0.29, 0.717) is 30.0 Å². The molecule has 2 aromatic carbocycles. The van der Waals surface area contributed by atoms with Crippen molar-refractivity contribution in [1.82, 2.24) is 4.31 Å². The van der Waals surface area contributed by atoms with E-state index in [9.17, 15) is 21.6 Å². The first-order valence-electron chi connectivity index (χ1n) is 8.98. The molecule has 10 heteroatoms. The lowest BCUT2D eigenvalue weighted by molar-refractivity contribution is 0.102. The zero-order valence-electron chi connectivity index (χ0n) is 16.8. The maximum absolute atomic E-state index is 12.5. The van der Waals surface area contributed by atoms with Crippen molar-refractivity contribution in [3.63, 3.8) is 0 Å². The molecule has 0 unspecified atom stereocenters. The Labute approximate surface area is 172 Å². The van der Waals surface area contributed by atoms with E-state index < -0.39 is 26.0 Å². The average Bonchev–Trinajstić information content (AvgIpc) is 2.63. The standard InChI is InChI=1S/C19H25N3O5S2/c1-5-22(6-2)29(26,27)17-11-9-16(10-12-17)20-19(23)15-8-7-14(3)18(13-15)21-28(4,24)25/h7-13,21H,5-6H2,1-4H3,(H,20,23). The van der Waals surface area contributed by atoms with Gasteiger partial charge in [0.2, 0.25) is 20.0 Å². The maximum atomic E-state index is 12.5. The molecule has 0 heterocycles. The van der Waals surface area contributed by atoms with E-state index in [-0.39, 0.29) is 10.5 Å². The number of rotatable bonds is 8. The first-order chi connectivity index (χ1) is 13.5. The highest BCUT2D eigenvalue weighted by Gasteiger charge is 2.21. The minimum Gasteiger partial charge on any atom is -0.322 e. The maximum Gasteiger partial charge on any atom is 0.255 e. The van der Waals surface area contributed by atoms with Gasteiger partial charge in [-0.05, 0) is 48.9 Å². The Balaban J connectivity index is 2.21. The SMILES string of the molecule is CCN(CC)S(=O)(=O)c1ccc(NC(=O)c2ccc(C)c(NS(C)(=O)=O)c2)cc1. The molecule has 0 aliphatic carbocycles. The minimum atomic E-state index is -3.57. The fraction of sp³-hybridized carbons (Fsp3) is 0.316. The van der Waals surface area contributed by atoms with Crippen LogP contribution in [0.4, 0.5) is 11.4 Å². The molecule has 29 heavy (non-hydrogen) atoms. The topological polar surface area (TPSA) is 113 Å². The van der Waals surface area contributed by atoms with Crippen molar-refractivity contribution in [1.29, 1.82) is 0 Å². The first-order valence-corrected chi connectivity index (χ1v) is 12.3. The number of aryl methyl sites for hydroxylation is 1. The summed E-state index contributed by atoms with van der Waals surface area (Å²) in [6.07, 6.45) is 1.03. The first kappa shape index (κ1) is 22.9. The number of sulfonamides is 2. The van der Waals surface area contributed by atoms with Gasteiger partial charge in [-0.3, -0.25) is 9.52 Å². The molecule has 0 saturated carbocycles. The molecular weight excluding hydrogens is 414 g/mol. The predicted molar refractivity (Wildman–Crippen MR) is 114 cm³/mol. The Morgan fingerprint density at radius 1 is 0.966 bits per heavy atom. The van der Waals surface area contributed by atoms with Gasteiger partial charge in [-0.1, -0.05) is 19.9 Å². The highest BCUT2D eigenvalue weighted by atomic mass is 32.2. The largest absolute Gasteiger partial charge is 0.322 e. The molecular formula is C19H25N3O5S2. The van der Waals surface area contributed by atoms with Gasteiger partial charge in [0.25, 0.3) is 5.91 Å². The summed E-state index contributed by atoms with van der Waals surface area (Å²) >= 11 is 0. The van der Waals surface area contributed by atoms with Crippen LogP contribution in [0.25, 0.3) is 0 Å². The molecule has 2 aromatic rings. The lowest BCUT2D eigenvalue weighted by Gasteiger charge is -2.18. The molecule has 2 N–H and O–H groups in total. The van der Waals surface area contributed by atoms with Gasteiger partial charge in [0.1, 0.15) is 0 Å². The van der Waals surface area contributed by atoms with E-state index in [4.69, 9.17) is 0 Å². The zero-order valence-corrected chi connectivity index (χ0v) is 18.4. The second-order valence-electron chi connectivity index (χ2n) is 6.47. The molecule has 0 radical (unpaired) electrons. The summed E-state index contributed by atoms with van der Waals surface area (Å²) in [5.41, 5.74) is 1.69. The third kappa shape index (κ3) is 5.78. The molecule has 1 amide bonds. The molecule has 158 valence electrons. The summed E-state index contributed by atoms with van der Waals surface area (Å²) in [5, 5.41) is 2.68. The van der Waals surface area contributed by atoms with Crippen LogP contribution in [-0.4, -0.2) is 46.4 Å². The quantitative estimate of drug-likeness (QED) is 0.657. The van der Waals surface area contributed by atoms with Crippen LogP contribution in [0.2, 0.25) is 0 Å². The average molecular weight is 440 g/mol. The third-order valence-electron chi connectivity index (χ3n) is 4.25. The van der Waals surface area contributed by atoms with Gasteiger partial charge < -0.3 is 5.32 Å². The van der Waals surface area contributed by atoms with Crippen molar-refractivity contribution in [2.24, 2.45) is 0 Å². The van der Waals surface area contributed by atoms with Gasteiger partial charge in [0.15, 0.2) is 0 Å². The number of nitrogens with zero attached hydrogens (tertiary/aromatic N) is 1. The number of carbonyl (C=O) groups excluding carboxylic acids is 1. The second-order valence-corrected chi connectivity index (χ2v) is 10.2. The minimum absolute atomic E-state index is 0.147. The van der Waals surface area contributed by atoms with Gasteiger partial charge in [-0.25, -0.2) is 16.8 Å². The summed E-state index contributed by atoms with van der Waals surface area (Å²) in [7, 11) is -7.04. The van der Waals surface area contributed by atoms with Gasteiger partial charge in [0.05, 0.1) is 16.8 Å². The van der Waals surface area contributed by atoms with E-state index >= 15 is 0 Å². The predicted octanol–water partition coefficient (Wildman–Crippen LogP) is 2.65. The van der Waals surface area contributed by atoms with Crippen LogP contribution in [0.15, 0.2) is 47.4 Å². The van der Waals surface area contributed by atoms with Crippen LogP contribution >= 0.6 is 0 Å². The summed E-state index contributed by atoms with van der Waals surface area (Å²) in [6.45, 7) is 6.00. The second kappa shape index (κ2) is 8.93. The van der Waals surface area contributed by atoms with Crippen LogP contribution in [0.1, 0.15) is 29.8 Å². The number of carbonyl (C=O) groups is 1. The van der Waals surface area contributed by atoms with Gasteiger partial charge in [-0.2, -0.15) is 4.31 Å². The van der Waals surface area contributed by atoms with E-state index in [2.05, 4.69) is 10.0 Å². The Kier molecular flexibility index (Phi) is 7.04. The molecule has 0 atom stereocenters. The molecule has 0 aliphatic heterocycles. The van der Waals surface area contributed by atoms with Crippen molar-refractivity contribution >= 4 is 37.3 Å². The number of hydrogen-bond donors (Lipinski definition) is 2. The lowest BCUT2D eigenvalue weighted by Crippen LogP contribution is -2.30. The summed E-state index contributed by atoms with van der Waals surface area (Å²) < 4.78 is 51.7. The number of anilines is 2. The van der Waals surface area contributed by atoms with Crippen molar-refractivity contribution in [2.75, 3.05) is 29.4 Å². The number of nitrogens with one attached hydrogen (secondary N) is 2. The molecule has 0 aliphatic rings. The van der Waals surface area contributed by atoms with Crippen molar-refractivity contribution in [2.45, 2.75) is 25.7 Å². The molecule has 0 fully saturated rings. The van der Waals surface area contributed by atoms with Crippen LogP contribution in [0, 0.1) is 6.92 Å². The van der Waals surface area contributed by atoms with Gasteiger partial charge in [-0.15, -0.1) is 0 Å². The Hall–Kier alpha value is -2.43. The normalized spacial score (nSPS) is 12.0. The Morgan fingerprint density at radius 2 is 1.55 bits per heavy atom. The number of hydrogen-bond acceptors (Lipinski definition) is 5. The Morgan fingerprint density at radius 3 is 2.07 bits per heavy atom. The molecule has 0 aromatic heterocycles. The highest BCUT2D eigenvalue weighted by molar-refractivity contribution is 7.92. The monoisotopic (exact) mass is 439 g/mol. The van der Waals surface area contributed by atoms with E-state index in [1.807, 2.05) is 0 Å². The van der Waals surface area contributed by atoms with E-state index in [0.717, 1.165) is 6.26 Å². The Bertz CT molecular complexity index is 1090. The lowest BCUT2D eigenvalue weighted by atomic mass is 10.1. The molecule has 2 rings (SSSR count). The van der Waals surface area contributed by atoms with Crippen LogP contribution < -0.4 is 10.0 Å². The number of benzene rings is 2. The molecule has 8 nitrogen and oxygen atoms in total. The molecule has 0 spiro atoms. The fourth-order valence-electron chi connectivity index (χ4n) is 2.70. The smallest absolute Gasteiger partial charge is 0.255 e. The van der Waals surface area contributed by atoms with Crippen LogP contribution in [0.3, 0.4) is 0 Å². The van der Waals surface area contributed by atoms with Gasteiger partial charge >= 0.3 is 0 Å². The summed E-state index contributed by atoms with van der Waals surface area (Å²) in [5.74, 6) is -0.444. The zero-order chi connectivity index (χ0) is 21.8. The molecule has 0 saturated heterocycles. The van der Waals surface area contributed by atoms with Crippen LogP contribution in [0.5, 0.6) is 0 Å². The van der Waals surface area contributed by atoms with Crippen molar-refractivity contribution in [3.8, 4) is 0 Å². The van der Waals surface area contributed by atoms with E-state index in [1.165, 1.54) is 34.6 Å². The summed E-state index contributed by atoms with van der Waals surface area (Å²) in [4.78, 5) is 12.7. The van der Waals surface area contributed by atoms with Gasteiger partial charge in [0, 0.05) is 24.3 Å². The van der Waals surface area contributed by atoms with Crippen molar-refractivity contribution < 1.29 is 21.6 Å². The van der Waals surface area contributed by atoms with Crippen molar-refractivity contribution in [3.05, 3.63) is 53.6 Å². The summed E-state index contributed by atoms with van der Waals surface area (Å²) in [6, 6.07) is 10.6. The third-order valence-corrected chi connectivity index (χ3v) is 6.91. The van der Waals surface area contributed by atoms with E-state index in [1.54, 1.807) is 32.9 Å². The highest BCUT2D eigenvalue weighted by Crippen LogP contribution is 2.21. The van der Waals surface area contributed by atoms with Crippen LogP contribution in [-0.2, 0) is 20.0 Å².